The molecule has 1 unspecified atom stereocenters. The minimum atomic E-state index is 0.906. The van der Waals surface area contributed by atoms with Crippen molar-refractivity contribution in [3.05, 3.63) is 5.92 Å². The van der Waals surface area contributed by atoms with Crippen LogP contribution in [-0.4, -0.2) is 0 Å². The molecule has 0 nitrogen and oxygen atoms in total. The fourth-order valence-electron chi connectivity index (χ4n) is 4.30. The Labute approximate surface area is 174 Å². The van der Waals surface area contributed by atoms with Gasteiger partial charge in [-0.3, -0.25) is 0 Å². The Bertz CT molecular complexity index is 255. The van der Waals surface area contributed by atoms with E-state index in [-0.39, 0.29) is 0 Å². The van der Waals surface area contributed by atoms with Crippen molar-refractivity contribution in [3.8, 4) is 0 Å². The first-order valence-corrected chi connectivity index (χ1v) is 13.0. The minimum absolute atomic E-state index is 0.906. The molecule has 0 rings (SSSR count). The second-order valence-corrected chi connectivity index (χ2v) is 9.36. The third kappa shape index (κ3) is 20.5. The van der Waals surface area contributed by atoms with Crippen LogP contribution in [0.2, 0.25) is 0 Å². The van der Waals surface area contributed by atoms with Gasteiger partial charge in [0.15, 0.2) is 0 Å². The fourth-order valence-corrected chi connectivity index (χ4v) is 4.30. The minimum Gasteiger partial charge on any atom is -0.0654 e. The summed E-state index contributed by atoms with van der Waals surface area (Å²) in [4.78, 5) is 0. The van der Waals surface area contributed by atoms with Crippen LogP contribution in [0.5, 0.6) is 0 Å². The highest BCUT2D eigenvalue weighted by Gasteiger charge is 2.12. The fraction of sp³-hybridized carbons (Fsp3) is 0.963. The van der Waals surface area contributed by atoms with Crippen molar-refractivity contribution in [3.63, 3.8) is 0 Å². The molecule has 0 fully saturated rings. The smallest absolute Gasteiger partial charge is 0.0272 e. The van der Waals surface area contributed by atoms with Gasteiger partial charge in [0.25, 0.3) is 0 Å². The molecular formula is C27H55. The third-order valence-electron chi connectivity index (χ3n) is 6.38. The standard InChI is InChI=1S/C27H55/c1-5-7-9-11-13-15-16-17-19-21-23-25-27(26(3)4)24-22-20-18-14-12-10-8-6-2/h27H,5-25H2,1-4H3. The highest BCUT2D eigenvalue weighted by molar-refractivity contribution is 4.86. The molecule has 0 amide bonds. The van der Waals surface area contributed by atoms with Crippen molar-refractivity contribution in [1.29, 1.82) is 0 Å². The molecular weight excluding hydrogens is 324 g/mol. The summed E-state index contributed by atoms with van der Waals surface area (Å²) in [5.74, 6) is 2.59. The molecule has 0 aromatic rings. The third-order valence-corrected chi connectivity index (χ3v) is 6.38. The Morgan fingerprint density at radius 1 is 0.407 bits per heavy atom. The highest BCUT2D eigenvalue weighted by atomic mass is 14.2. The topological polar surface area (TPSA) is 0 Å². The predicted molar refractivity (Wildman–Crippen MR) is 126 cm³/mol. The number of hydrogen-bond acceptors (Lipinski definition) is 0. The monoisotopic (exact) mass is 379 g/mol. The van der Waals surface area contributed by atoms with Gasteiger partial charge in [-0.2, -0.15) is 0 Å². The van der Waals surface area contributed by atoms with Crippen LogP contribution < -0.4 is 0 Å². The average molecular weight is 380 g/mol. The van der Waals surface area contributed by atoms with Gasteiger partial charge in [-0.05, 0) is 24.7 Å². The van der Waals surface area contributed by atoms with Gasteiger partial charge < -0.3 is 0 Å². The first-order valence-electron chi connectivity index (χ1n) is 13.0. The molecule has 1 atom stereocenters. The van der Waals surface area contributed by atoms with Gasteiger partial charge in [-0.25, -0.2) is 0 Å². The van der Waals surface area contributed by atoms with E-state index >= 15 is 0 Å². The van der Waals surface area contributed by atoms with Gasteiger partial charge in [0.2, 0.25) is 0 Å². The van der Waals surface area contributed by atoms with E-state index in [2.05, 4.69) is 27.7 Å². The Balaban J connectivity index is 3.43. The molecule has 27 heavy (non-hydrogen) atoms. The van der Waals surface area contributed by atoms with Gasteiger partial charge in [-0.1, -0.05) is 150 Å². The Hall–Kier alpha value is 0. The number of hydrogen-bond donors (Lipinski definition) is 0. The summed E-state index contributed by atoms with van der Waals surface area (Å²) < 4.78 is 0. The van der Waals surface area contributed by atoms with Gasteiger partial charge in [0.05, 0.1) is 0 Å². The van der Waals surface area contributed by atoms with Crippen LogP contribution in [0.1, 0.15) is 163 Å². The molecule has 0 bridgehead atoms. The van der Waals surface area contributed by atoms with E-state index in [1.807, 2.05) is 0 Å². The molecule has 0 saturated carbocycles. The molecule has 0 heterocycles. The summed E-state index contributed by atoms with van der Waals surface area (Å²) >= 11 is 0. The summed E-state index contributed by atoms with van der Waals surface area (Å²) in [6.45, 7) is 9.35. The molecule has 0 aliphatic rings. The maximum absolute atomic E-state index is 2.37. The van der Waals surface area contributed by atoms with Gasteiger partial charge in [0.1, 0.15) is 0 Å². The first-order chi connectivity index (χ1) is 13.2. The maximum atomic E-state index is 2.37. The lowest BCUT2D eigenvalue weighted by Gasteiger charge is -2.20. The van der Waals surface area contributed by atoms with Crippen LogP contribution in [0.4, 0.5) is 0 Å². The van der Waals surface area contributed by atoms with Crippen molar-refractivity contribution in [2.75, 3.05) is 0 Å². The van der Waals surface area contributed by atoms with Crippen molar-refractivity contribution >= 4 is 0 Å². The van der Waals surface area contributed by atoms with Crippen molar-refractivity contribution in [2.45, 2.75) is 163 Å². The van der Waals surface area contributed by atoms with E-state index < -0.39 is 0 Å². The quantitative estimate of drug-likeness (QED) is 0.164. The first kappa shape index (κ1) is 27.0. The van der Waals surface area contributed by atoms with E-state index in [9.17, 15) is 0 Å². The Morgan fingerprint density at radius 3 is 0.926 bits per heavy atom. The molecule has 0 saturated heterocycles. The van der Waals surface area contributed by atoms with Crippen LogP contribution in [0.15, 0.2) is 0 Å². The van der Waals surface area contributed by atoms with Crippen molar-refractivity contribution in [2.24, 2.45) is 5.92 Å². The zero-order valence-electron chi connectivity index (χ0n) is 19.9. The number of rotatable bonds is 22. The lowest BCUT2D eigenvalue weighted by atomic mass is 9.85. The van der Waals surface area contributed by atoms with Gasteiger partial charge in [0, 0.05) is 0 Å². The number of unbranched alkanes of at least 4 members (excludes halogenated alkanes) is 17. The van der Waals surface area contributed by atoms with Gasteiger partial charge in [-0.15, -0.1) is 0 Å². The summed E-state index contributed by atoms with van der Waals surface area (Å²) in [6, 6.07) is 0. The zero-order chi connectivity index (χ0) is 20.0. The lowest BCUT2D eigenvalue weighted by molar-refractivity contribution is 0.415. The van der Waals surface area contributed by atoms with E-state index in [0.717, 1.165) is 5.92 Å². The molecule has 0 spiro atoms. The molecule has 0 aromatic carbocycles. The van der Waals surface area contributed by atoms with Crippen LogP contribution in [0, 0.1) is 11.8 Å². The van der Waals surface area contributed by atoms with Crippen LogP contribution in [-0.2, 0) is 0 Å². The lowest BCUT2D eigenvalue weighted by Crippen LogP contribution is -2.07. The van der Waals surface area contributed by atoms with E-state index in [1.165, 1.54) is 135 Å². The average Bonchev–Trinajstić information content (AvgIpc) is 2.66. The largest absolute Gasteiger partial charge is 0.0654 e. The second-order valence-electron chi connectivity index (χ2n) is 9.36. The van der Waals surface area contributed by atoms with Crippen LogP contribution in [0.3, 0.4) is 0 Å². The van der Waals surface area contributed by atoms with Crippen molar-refractivity contribution in [1.82, 2.24) is 0 Å². The molecule has 0 aromatic heterocycles. The molecule has 0 aliphatic carbocycles. The molecule has 0 aliphatic heterocycles. The van der Waals surface area contributed by atoms with E-state index in [4.69, 9.17) is 0 Å². The van der Waals surface area contributed by atoms with Crippen LogP contribution in [0.25, 0.3) is 0 Å². The zero-order valence-corrected chi connectivity index (χ0v) is 19.9. The summed E-state index contributed by atoms with van der Waals surface area (Å²) in [5, 5.41) is 0. The SMILES string of the molecule is CCCCCCCCCCCCCC(CCCCCCCCCC)[C](C)C. The normalized spacial score (nSPS) is 12.8. The Morgan fingerprint density at radius 2 is 0.667 bits per heavy atom. The van der Waals surface area contributed by atoms with Gasteiger partial charge >= 0.3 is 0 Å². The second kappa shape index (κ2) is 22.3. The predicted octanol–water partition coefficient (Wildman–Crippen LogP) is 10.4. The van der Waals surface area contributed by atoms with E-state index in [0.29, 0.717) is 0 Å². The summed E-state index contributed by atoms with van der Waals surface area (Å²) in [7, 11) is 0. The maximum Gasteiger partial charge on any atom is -0.0272 e. The van der Waals surface area contributed by atoms with E-state index in [1.54, 1.807) is 5.92 Å². The summed E-state index contributed by atoms with van der Waals surface area (Å²) in [6.07, 6.45) is 30.6. The van der Waals surface area contributed by atoms with Crippen LogP contribution >= 0.6 is 0 Å². The van der Waals surface area contributed by atoms with Crippen molar-refractivity contribution < 1.29 is 0 Å². The molecule has 0 N–H and O–H groups in total. The summed E-state index contributed by atoms with van der Waals surface area (Å²) in [5.41, 5.74) is 0. The Kier molecular flexibility index (Phi) is 22.3. The molecule has 0 heteroatoms. The highest BCUT2D eigenvalue weighted by Crippen LogP contribution is 2.27. The molecule has 1 radical (unpaired) electrons. The molecule has 163 valence electrons.